The highest BCUT2D eigenvalue weighted by molar-refractivity contribution is 5.97. The Hall–Kier alpha value is -3.35. The van der Waals surface area contributed by atoms with Gasteiger partial charge in [0.25, 0.3) is 0 Å². The van der Waals surface area contributed by atoms with E-state index in [9.17, 15) is 13.6 Å². The van der Waals surface area contributed by atoms with E-state index in [0.29, 0.717) is 16.9 Å². The van der Waals surface area contributed by atoms with Gasteiger partial charge in [-0.05, 0) is 38.1 Å². The third kappa shape index (κ3) is 3.92. The van der Waals surface area contributed by atoms with Gasteiger partial charge < -0.3 is 10.1 Å². The molecule has 2 aromatic heterocycles. The van der Waals surface area contributed by atoms with Crippen LogP contribution in [0.5, 0.6) is 0 Å². The van der Waals surface area contributed by atoms with E-state index in [0.717, 1.165) is 18.0 Å². The molecular formula is C20H17F2N3O2. The van der Waals surface area contributed by atoms with Crippen LogP contribution in [0.15, 0.2) is 48.9 Å². The van der Waals surface area contributed by atoms with Crippen LogP contribution in [0.2, 0.25) is 0 Å². The molecule has 0 aliphatic carbocycles. The summed E-state index contributed by atoms with van der Waals surface area (Å²) in [6, 6.07) is 8.45. The molecule has 3 aromatic rings. The van der Waals surface area contributed by atoms with Crippen LogP contribution in [-0.4, -0.2) is 22.5 Å². The minimum atomic E-state index is -0.828. The minimum Gasteiger partial charge on any atom is -0.462 e. The predicted molar refractivity (Wildman–Crippen MR) is 97.8 cm³/mol. The largest absolute Gasteiger partial charge is 0.462 e. The maximum absolute atomic E-state index is 14.2. The fraction of sp³-hybridized carbons (Fsp3) is 0.150. The van der Waals surface area contributed by atoms with Crippen LogP contribution in [-0.2, 0) is 4.74 Å². The SMILES string of the molecule is CCOC(=O)c1cc(C)ccc1Nc1cccnc1-c1c(F)cncc1F. The van der Waals surface area contributed by atoms with Gasteiger partial charge in [0.05, 0.1) is 47.2 Å². The fourth-order valence-electron chi connectivity index (χ4n) is 2.63. The molecule has 3 rings (SSSR count). The molecule has 0 spiro atoms. The Kier molecular flexibility index (Phi) is 5.40. The molecule has 0 aliphatic heterocycles. The maximum atomic E-state index is 14.2. The van der Waals surface area contributed by atoms with Crippen LogP contribution < -0.4 is 5.32 Å². The lowest BCUT2D eigenvalue weighted by Crippen LogP contribution is -2.09. The number of carbonyl (C=O) groups excluding carboxylic acids is 1. The summed E-state index contributed by atoms with van der Waals surface area (Å²) in [7, 11) is 0. The minimum absolute atomic E-state index is 0.0743. The van der Waals surface area contributed by atoms with E-state index in [1.54, 1.807) is 31.2 Å². The molecular weight excluding hydrogens is 352 g/mol. The second-order valence-corrected chi connectivity index (χ2v) is 5.77. The second kappa shape index (κ2) is 7.90. The molecule has 1 aromatic carbocycles. The van der Waals surface area contributed by atoms with Gasteiger partial charge >= 0.3 is 5.97 Å². The van der Waals surface area contributed by atoms with Gasteiger partial charge in [-0.25, -0.2) is 13.6 Å². The second-order valence-electron chi connectivity index (χ2n) is 5.77. The number of aryl methyl sites for hydroxylation is 1. The average Bonchev–Trinajstić information content (AvgIpc) is 2.64. The van der Waals surface area contributed by atoms with Crippen molar-refractivity contribution in [2.75, 3.05) is 11.9 Å². The van der Waals surface area contributed by atoms with Gasteiger partial charge in [-0.1, -0.05) is 11.6 Å². The number of benzene rings is 1. The van der Waals surface area contributed by atoms with Gasteiger partial charge in [-0.3, -0.25) is 9.97 Å². The third-order valence-corrected chi connectivity index (χ3v) is 3.84. The van der Waals surface area contributed by atoms with Crippen LogP contribution in [0.4, 0.5) is 20.2 Å². The number of nitrogens with one attached hydrogen (secondary N) is 1. The van der Waals surface area contributed by atoms with E-state index in [2.05, 4.69) is 15.3 Å². The number of carbonyl (C=O) groups is 1. The lowest BCUT2D eigenvalue weighted by atomic mass is 10.1. The van der Waals surface area contributed by atoms with Crippen molar-refractivity contribution in [1.29, 1.82) is 0 Å². The first kappa shape index (κ1) is 18.4. The molecule has 7 heteroatoms. The topological polar surface area (TPSA) is 64.1 Å². The Balaban J connectivity index is 2.07. The van der Waals surface area contributed by atoms with Crippen molar-refractivity contribution in [3.05, 3.63) is 71.7 Å². The monoisotopic (exact) mass is 369 g/mol. The van der Waals surface area contributed by atoms with Gasteiger partial charge in [-0.2, -0.15) is 0 Å². The Morgan fingerprint density at radius 1 is 1.15 bits per heavy atom. The zero-order chi connectivity index (χ0) is 19.4. The number of hydrogen-bond donors (Lipinski definition) is 1. The molecule has 1 N–H and O–H groups in total. The van der Waals surface area contributed by atoms with Crippen LogP contribution in [0.25, 0.3) is 11.3 Å². The van der Waals surface area contributed by atoms with E-state index < -0.39 is 17.6 Å². The van der Waals surface area contributed by atoms with Gasteiger partial charge in [-0.15, -0.1) is 0 Å². The number of halogens is 2. The summed E-state index contributed by atoms with van der Waals surface area (Å²) >= 11 is 0. The lowest BCUT2D eigenvalue weighted by Gasteiger charge is -2.15. The van der Waals surface area contributed by atoms with E-state index in [1.807, 2.05) is 13.0 Å². The Morgan fingerprint density at radius 2 is 1.89 bits per heavy atom. The van der Waals surface area contributed by atoms with Gasteiger partial charge in [0.1, 0.15) is 0 Å². The van der Waals surface area contributed by atoms with Crippen molar-refractivity contribution < 1.29 is 18.3 Å². The molecule has 0 aliphatic rings. The van der Waals surface area contributed by atoms with Crippen molar-refractivity contribution in [1.82, 2.24) is 9.97 Å². The Bertz CT molecular complexity index is 972. The zero-order valence-electron chi connectivity index (χ0n) is 14.8. The molecule has 0 amide bonds. The first-order valence-corrected chi connectivity index (χ1v) is 8.30. The van der Waals surface area contributed by atoms with Crippen molar-refractivity contribution >= 4 is 17.3 Å². The number of hydrogen-bond acceptors (Lipinski definition) is 5. The number of esters is 1. The average molecular weight is 369 g/mol. The highest BCUT2D eigenvalue weighted by Crippen LogP contribution is 2.32. The van der Waals surface area contributed by atoms with E-state index in [4.69, 9.17) is 4.74 Å². The quantitative estimate of drug-likeness (QED) is 0.663. The van der Waals surface area contributed by atoms with Gasteiger partial charge in [0.15, 0.2) is 11.6 Å². The van der Waals surface area contributed by atoms with Crippen molar-refractivity contribution in [2.45, 2.75) is 13.8 Å². The van der Waals surface area contributed by atoms with Crippen LogP contribution in [0.1, 0.15) is 22.8 Å². The number of rotatable bonds is 5. The third-order valence-electron chi connectivity index (χ3n) is 3.84. The van der Waals surface area contributed by atoms with Crippen molar-refractivity contribution in [3.8, 4) is 11.3 Å². The summed E-state index contributed by atoms with van der Waals surface area (Å²) in [5, 5.41) is 3.04. The molecule has 0 saturated carbocycles. The van der Waals surface area contributed by atoms with Crippen LogP contribution in [0.3, 0.4) is 0 Å². The smallest absolute Gasteiger partial charge is 0.340 e. The van der Waals surface area contributed by atoms with Gasteiger partial charge in [0.2, 0.25) is 0 Å². The highest BCUT2D eigenvalue weighted by atomic mass is 19.1. The zero-order valence-corrected chi connectivity index (χ0v) is 14.8. The predicted octanol–water partition coefficient (Wildman–Crippen LogP) is 4.65. The molecule has 27 heavy (non-hydrogen) atoms. The number of ether oxygens (including phenoxy) is 1. The first-order chi connectivity index (χ1) is 13.0. The normalized spacial score (nSPS) is 10.5. The van der Waals surface area contributed by atoms with E-state index in [1.165, 1.54) is 6.20 Å². The highest BCUT2D eigenvalue weighted by Gasteiger charge is 2.19. The Morgan fingerprint density at radius 3 is 2.59 bits per heavy atom. The molecule has 0 atom stereocenters. The summed E-state index contributed by atoms with van der Waals surface area (Å²) in [5.74, 6) is -2.15. The molecule has 0 fully saturated rings. The molecule has 0 saturated heterocycles. The molecule has 0 unspecified atom stereocenters. The summed E-state index contributed by atoms with van der Waals surface area (Å²) < 4.78 is 33.4. The maximum Gasteiger partial charge on any atom is 0.340 e. The summed E-state index contributed by atoms with van der Waals surface area (Å²) in [6.07, 6.45) is 3.28. The summed E-state index contributed by atoms with van der Waals surface area (Å²) in [4.78, 5) is 19.9. The number of nitrogens with zero attached hydrogens (tertiary/aromatic N) is 2. The fourth-order valence-corrected chi connectivity index (χ4v) is 2.63. The molecule has 0 radical (unpaired) electrons. The molecule has 0 bridgehead atoms. The standard InChI is InChI=1S/C20H17F2N3O2/c1-3-27-20(26)13-9-12(2)6-7-16(13)25-17-5-4-8-24-19(17)18-14(21)10-23-11-15(18)22/h4-11,25H,3H2,1-2H3. The molecule has 138 valence electrons. The molecule has 5 nitrogen and oxygen atoms in total. The Labute approximate surface area is 155 Å². The van der Waals surface area contributed by atoms with Crippen molar-refractivity contribution in [3.63, 3.8) is 0 Å². The molecule has 2 heterocycles. The van der Waals surface area contributed by atoms with Crippen molar-refractivity contribution in [2.24, 2.45) is 0 Å². The van der Waals surface area contributed by atoms with Crippen LogP contribution >= 0.6 is 0 Å². The first-order valence-electron chi connectivity index (χ1n) is 8.30. The summed E-state index contributed by atoms with van der Waals surface area (Å²) in [5.41, 5.74) is 1.77. The number of pyridine rings is 2. The summed E-state index contributed by atoms with van der Waals surface area (Å²) in [6.45, 7) is 3.80. The van der Waals surface area contributed by atoms with E-state index in [-0.39, 0.29) is 17.9 Å². The van der Waals surface area contributed by atoms with E-state index >= 15 is 0 Å². The van der Waals surface area contributed by atoms with Crippen LogP contribution in [0, 0.1) is 18.6 Å². The number of aromatic nitrogens is 2. The number of anilines is 2. The lowest BCUT2D eigenvalue weighted by molar-refractivity contribution is 0.0527. The van der Waals surface area contributed by atoms with Gasteiger partial charge in [0, 0.05) is 6.20 Å².